The van der Waals surface area contributed by atoms with Gasteiger partial charge in [-0.15, -0.1) is 0 Å². The Morgan fingerprint density at radius 1 is 1.44 bits per heavy atom. The van der Waals surface area contributed by atoms with E-state index in [9.17, 15) is 4.79 Å². The number of anilines is 1. The average molecular weight is 250 g/mol. The van der Waals surface area contributed by atoms with Gasteiger partial charge in [-0.3, -0.25) is 0 Å². The fraction of sp³-hybridized carbons (Fsp3) is 0.571. The molecule has 1 rings (SSSR count). The summed E-state index contributed by atoms with van der Waals surface area (Å²) in [5.74, 6) is 1.03. The van der Waals surface area contributed by atoms with Crippen molar-refractivity contribution in [1.29, 1.82) is 0 Å². The first kappa shape index (κ1) is 14.5. The minimum atomic E-state index is -0.346. The quantitative estimate of drug-likeness (QED) is 0.816. The van der Waals surface area contributed by atoms with Gasteiger partial charge in [0.2, 0.25) is 0 Å². The van der Waals surface area contributed by atoms with Crippen LogP contribution in [-0.2, 0) is 4.74 Å². The number of ether oxygens (including phenoxy) is 1. The maximum absolute atomic E-state index is 11.4. The summed E-state index contributed by atoms with van der Waals surface area (Å²) in [7, 11) is 1.37. The van der Waals surface area contributed by atoms with Gasteiger partial charge in [0.15, 0.2) is 0 Å². The summed E-state index contributed by atoms with van der Waals surface area (Å²) in [6.45, 7) is 8.32. The van der Waals surface area contributed by atoms with E-state index < -0.39 is 0 Å². The molecule has 0 saturated carbocycles. The van der Waals surface area contributed by atoms with Crippen molar-refractivity contribution >= 4 is 11.8 Å². The van der Waals surface area contributed by atoms with E-state index in [2.05, 4.69) is 31.1 Å². The maximum atomic E-state index is 11.4. The number of hydrogen-bond acceptors (Lipinski definition) is 4. The molecule has 1 aromatic rings. The van der Waals surface area contributed by atoms with Crippen LogP contribution < -0.4 is 5.32 Å². The zero-order chi connectivity index (χ0) is 13.7. The van der Waals surface area contributed by atoms with Crippen molar-refractivity contribution in [2.75, 3.05) is 12.4 Å². The third kappa shape index (κ3) is 3.45. The lowest BCUT2D eigenvalue weighted by atomic mass is 10.0. The minimum absolute atomic E-state index is 0.346. The standard InChI is InChI=1S/C14H22N2O2/c1-6-9(2)10(3)15-13-8-7-12(11(4)16-13)14(17)18-5/h7-10H,6H2,1-5H3,(H,15,16). The monoisotopic (exact) mass is 250 g/mol. The normalized spacial score (nSPS) is 13.8. The molecule has 100 valence electrons. The van der Waals surface area contributed by atoms with Gasteiger partial charge in [0.05, 0.1) is 18.4 Å². The Morgan fingerprint density at radius 3 is 2.61 bits per heavy atom. The first-order valence-electron chi connectivity index (χ1n) is 6.32. The van der Waals surface area contributed by atoms with E-state index >= 15 is 0 Å². The van der Waals surface area contributed by atoms with Gasteiger partial charge in [-0.05, 0) is 31.9 Å². The summed E-state index contributed by atoms with van der Waals surface area (Å²) in [5, 5.41) is 3.35. The zero-order valence-corrected chi connectivity index (χ0v) is 11.8. The van der Waals surface area contributed by atoms with Crippen LogP contribution in [0.1, 0.15) is 43.2 Å². The highest BCUT2D eigenvalue weighted by Crippen LogP contribution is 2.16. The van der Waals surface area contributed by atoms with Crippen molar-refractivity contribution in [3.05, 3.63) is 23.4 Å². The number of methoxy groups -OCH3 is 1. The van der Waals surface area contributed by atoms with Crippen LogP contribution in [0.5, 0.6) is 0 Å². The molecule has 1 heterocycles. The van der Waals surface area contributed by atoms with Crippen molar-refractivity contribution in [3.63, 3.8) is 0 Å². The van der Waals surface area contributed by atoms with Gasteiger partial charge in [0.25, 0.3) is 0 Å². The second kappa shape index (κ2) is 6.38. The molecule has 1 N–H and O–H groups in total. The Morgan fingerprint density at radius 2 is 2.11 bits per heavy atom. The van der Waals surface area contributed by atoms with Gasteiger partial charge in [-0.2, -0.15) is 0 Å². The fourth-order valence-corrected chi connectivity index (χ4v) is 1.70. The van der Waals surface area contributed by atoms with Gasteiger partial charge in [-0.25, -0.2) is 9.78 Å². The molecule has 0 aliphatic rings. The van der Waals surface area contributed by atoms with Crippen molar-refractivity contribution < 1.29 is 9.53 Å². The second-order valence-corrected chi connectivity index (χ2v) is 4.64. The first-order valence-corrected chi connectivity index (χ1v) is 6.32. The highest BCUT2D eigenvalue weighted by atomic mass is 16.5. The highest BCUT2D eigenvalue weighted by Gasteiger charge is 2.13. The molecule has 2 atom stereocenters. The number of pyridine rings is 1. The summed E-state index contributed by atoms with van der Waals surface area (Å²) < 4.78 is 4.69. The lowest BCUT2D eigenvalue weighted by Crippen LogP contribution is -2.24. The highest BCUT2D eigenvalue weighted by molar-refractivity contribution is 5.90. The van der Waals surface area contributed by atoms with Gasteiger partial charge < -0.3 is 10.1 Å². The van der Waals surface area contributed by atoms with E-state index in [4.69, 9.17) is 4.74 Å². The average Bonchev–Trinajstić information content (AvgIpc) is 2.37. The second-order valence-electron chi connectivity index (χ2n) is 4.64. The van der Waals surface area contributed by atoms with E-state index in [1.165, 1.54) is 7.11 Å². The summed E-state index contributed by atoms with van der Waals surface area (Å²) in [6, 6.07) is 3.92. The SMILES string of the molecule is CCC(C)C(C)Nc1ccc(C(=O)OC)c(C)n1. The van der Waals surface area contributed by atoms with Gasteiger partial charge in [0, 0.05) is 6.04 Å². The summed E-state index contributed by atoms with van der Waals surface area (Å²) >= 11 is 0. The molecule has 4 heteroatoms. The molecule has 0 spiro atoms. The van der Waals surface area contributed by atoms with E-state index in [1.54, 1.807) is 6.07 Å². The molecule has 0 aromatic carbocycles. The van der Waals surface area contributed by atoms with Crippen LogP contribution in [0.15, 0.2) is 12.1 Å². The smallest absolute Gasteiger partial charge is 0.339 e. The van der Waals surface area contributed by atoms with Crippen molar-refractivity contribution in [3.8, 4) is 0 Å². The van der Waals surface area contributed by atoms with Gasteiger partial charge >= 0.3 is 5.97 Å². The van der Waals surface area contributed by atoms with Crippen LogP contribution in [-0.4, -0.2) is 24.1 Å². The Balaban J connectivity index is 2.82. The third-order valence-corrected chi connectivity index (χ3v) is 3.36. The topological polar surface area (TPSA) is 51.2 Å². The lowest BCUT2D eigenvalue weighted by Gasteiger charge is -2.20. The van der Waals surface area contributed by atoms with Crippen molar-refractivity contribution in [1.82, 2.24) is 4.98 Å². The number of hydrogen-bond donors (Lipinski definition) is 1. The van der Waals surface area contributed by atoms with Crippen molar-refractivity contribution in [2.45, 2.75) is 40.2 Å². The molecule has 0 fully saturated rings. The number of aryl methyl sites for hydroxylation is 1. The Bertz CT molecular complexity index is 418. The van der Waals surface area contributed by atoms with Crippen LogP contribution in [0.25, 0.3) is 0 Å². The molecule has 2 unspecified atom stereocenters. The molecule has 0 bridgehead atoms. The molecule has 0 saturated heterocycles. The first-order chi connectivity index (χ1) is 8.49. The number of nitrogens with one attached hydrogen (secondary N) is 1. The van der Waals surface area contributed by atoms with Crippen LogP contribution in [0.3, 0.4) is 0 Å². The number of carbonyl (C=O) groups is 1. The molecule has 1 aromatic heterocycles. The summed E-state index contributed by atoms with van der Waals surface area (Å²) in [4.78, 5) is 15.8. The fourth-order valence-electron chi connectivity index (χ4n) is 1.70. The molecule has 0 amide bonds. The summed E-state index contributed by atoms with van der Waals surface area (Å²) in [6.07, 6.45) is 1.12. The van der Waals surface area contributed by atoms with Crippen LogP contribution >= 0.6 is 0 Å². The zero-order valence-electron chi connectivity index (χ0n) is 11.8. The predicted molar refractivity (Wildman–Crippen MR) is 72.9 cm³/mol. The number of rotatable bonds is 5. The molecular weight excluding hydrogens is 228 g/mol. The number of carbonyl (C=O) groups excluding carboxylic acids is 1. The predicted octanol–water partition coefficient (Wildman–Crippen LogP) is 3.02. The number of nitrogens with zero attached hydrogens (tertiary/aromatic N) is 1. The van der Waals surface area contributed by atoms with Crippen molar-refractivity contribution in [2.24, 2.45) is 5.92 Å². The van der Waals surface area contributed by atoms with Crippen LogP contribution in [0.2, 0.25) is 0 Å². The Hall–Kier alpha value is -1.58. The molecule has 0 aliphatic heterocycles. The van der Waals surface area contributed by atoms with E-state index in [1.807, 2.05) is 13.0 Å². The number of aromatic nitrogens is 1. The molecule has 0 aliphatic carbocycles. The van der Waals surface area contributed by atoms with Crippen LogP contribution in [0.4, 0.5) is 5.82 Å². The Labute approximate surface area is 109 Å². The minimum Gasteiger partial charge on any atom is -0.465 e. The van der Waals surface area contributed by atoms with E-state index in [0.29, 0.717) is 23.2 Å². The van der Waals surface area contributed by atoms with Crippen LogP contribution in [0, 0.1) is 12.8 Å². The lowest BCUT2D eigenvalue weighted by molar-refractivity contribution is 0.0599. The van der Waals surface area contributed by atoms with Gasteiger partial charge in [-0.1, -0.05) is 20.3 Å². The maximum Gasteiger partial charge on any atom is 0.339 e. The largest absolute Gasteiger partial charge is 0.465 e. The Kier molecular flexibility index (Phi) is 5.13. The third-order valence-electron chi connectivity index (χ3n) is 3.36. The molecular formula is C14H22N2O2. The molecule has 18 heavy (non-hydrogen) atoms. The number of esters is 1. The molecule has 4 nitrogen and oxygen atoms in total. The summed E-state index contributed by atoms with van der Waals surface area (Å²) in [5.41, 5.74) is 1.20. The van der Waals surface area contributed by atoms with E-state index in [0.717, 1.165) is 12.2 Å². The van der Waals surface area contributed by atoms with Gasteiger partial charge in [0.1, 0.15) is 5.82 Å². The van der Waals surface area contributed by atoms with E-state index in [-0.39, 0.29) is 5.97 Å². The molecule has 0 radical (unpaired) electrons.